The number of nitrogens with zero attached hydrogens (tertiary/aromatic N) is 2. The largest absolute Gasteiger partial charge is 0.462 e. The SMILES string of the molecule is CCOC(=O)c1ccc(NC(=O)[C@@H]2CCCN2S(=O)(=O)c2c(C)noc2C)cc1. The normalized spacial score (nSPS) is 17.3. The Bertz CT molecular complexity index is 994. The molecule has 1 aliphatic heterocycles. The van der Waals surface area contributed by atoms with E-state index in [1.165, 1.54) is 11.2 Å². The topological polar surface area (TPSA) is 119 Å². The van der Waals surface area contributed by atoms with Crippen LogP contribution in [0.15, 0.2) is 33.7 Å². The van der Waals surface area contributed by atoms with Crippen molar-refractivity contribution in [3.8, 4) is 0 Å². The number of aryl methyl sites for hydroxylation is 2. The molecule has 29 heavy (non-hydrogen) atoms. The molecule has 1 N–H and O–H groups in total. The molecule has 0 spiro atoms. The van der Waals surface area contributed by atoms with E-state index in [1.807, 2.05) is 0 Å². The summed E-state index contributed by atoms with van der Waals surface area (Å²) >= 11 is 0. The molecule has 156 valence electrons. The first kappa shape index (κ1) is 21.0. The lowest BCUT2D eigenvalue weighted by atomic mass is 10.2. The number of ether oxygens (including phenoxy) is 1. The summed E-state index contributed by atoms with van der Waals surface area (Å²) in [5.74, 6) is -0.678. The predicted octanol–water partition coefficient (Wildman–Crippen LogP) is 2.26. The van der Waals surface area contributed by atoms with Crippen molar-refractivity contribution in [3.63, 3.8) is 0 Å². The Labute approximate surface area is 169 Å². The molecule has 2 heterocycles. The van der Waals surface area contributed by atoms with Crippen molar-refractivity contribution >= 4 is 27.6 Å². The van der Waals surface area contributed by atoms with E-state index in [1.54, 1.807) is 38.1 Å². The number of anilines is 1. The number of carbonyl (C=O) groups is 2. The molecular weight excluding hydrogens is 398 g/mol. The molecule has 0 radical (unpaired) electrons. The lowest BCUT2D eigenvalue weighted by Crippen LogP contribution is -2.43. The number of benzene rings is 1. The molecule has 0 bridgehead atoms. The Morgan fingerprint density at radius 2 is 1.97 bits per heavy atom. The Morgan fingerprint density at radius 1 is 1.28 bits per heavy atom. The van der Waals surface area contributed by atoms with Crippen molar-refractivity contribution in [3.05, 3.63) is 41.3 Å². The van der Waals surface area contributed by atoms with Crippen LogP contribution in [0.3, 0.4) is 0 Å². The van der Waals surface area contributed by atoms with Gasteiger partial charge in [0, 0.05) is 12.2 Å². The number of hydrogen-bond donors (Lipinski definition) is 1. The summed E-state index contributed by atoms with van der Waals surface area (Å²) in [4.78, 5) is 24.5. The van der Waals surface area contributed by atoms with Crippen LogP contribution >= 0.6 is 0 Å². The predicted molar refractivity (Wildman–Crippen MR) is 104 cm³/mol. The van der Waals surface area contributed by atoms with Gasteiger partial charge in [0.1, 0.15) is 16.6 Å². The molecule has 1 aliphatic rings. The van der Waals surface area contributed by atoms with Crippen LogP contribution < -0.4 is 5.32 Å². The number of amides is 1. The van der Waals surface area contributed by atoms with Crippen molar-refractivity contribution in [1.82, 2.24) is 9.46 Å². The maximum Gasteiger partial charge on any atom is 0.338 e. The molecule has 1 aromatic carbocycles. The highest BCUT2D eigenvalue weighted by molar-refractivity contribution is 7.89. The fourth-order valence-corrected chi connectivity index (χ4v) is 5.33. The summed E-state index contributed by atoms with van der Waals surface area (Å²) < 4.78 is 37.3. The fourth-order valence-electron chi connectivity index (χ4n) is 3.38. The van der Waals surface area contributed by atoms with Gasteiger partial charge in [0.2, 0.25) is 15.9 Å². The standard InChI is InChI=1S/C19H23N3O6S/c1-4-27-19(24)14-7-9-15(10-8-14)20-18(23)16-6-5-11-22(16)29(25,26)17-12(2)21-28-13(17)3/h7-10,16H,4-6,11H2,1-3H3,(H,20,23)/t16-/m0/s1. The maximum atomic E-state index is 13.1. The maximum absolute atomic E-state index is 13.1. The fraction of sp³-hybridized carbons (Fsp3) is 0.421. The van der Waals surface area contributed by atoms with Crippen LogP contribution in [-0.4, -0.2) is 48.9 Å². The summed E-state index contributed by atoms with van der Waals surface area (Å²) in [6.45, 7) is 5.32. The van der Waals surface area contributed by atoms with E-state index >= 15 is 0 Å². The number of hydrogen-bond acceptors (Lipinski definition) is 7. The van der Waals surface area contributed by atoms with Gasteiger partial charge in [0.15, 0.2) is 5.76 Å². The summed E-state index contributed by atoms with van der Waals surface area (Å²) in [7, 11) is -3.91. The first-order chi connectivity index (χ1) is 13.8. The number of rotatable bonds is 6. The molecule has 10 heteroatoms. The van der Waals surface area contributed by atoms with Gasteiger partial charge in [-0.1, -0.05) is 5.16 Å². The zero-order valence-corrected chi connectivity index (χ0v) is 17.3. The average molecular weight is 421 g/mol. The van der Waals surface area contributed by atoms with E-state index in [0.717, 1.165) is 0 Å². The molecular formula is C19H23N3O6S. The van der Waals surface area contributed by atoms with Crippen molar-refractivity contribution < 1.29 is 27.3 Å². The van der Waals surface area contributed by atoms with E-state index in [4.69, 9.17) is 9.26 Å². The molecule has 1 aromatic heterocycles. The van der Waals surface area contributed by atoms with E-state index in [9.17, 15) is 18.0 Å². The molecule has 9 nitrogen and oxygen atoms in total. The van der Waals surface area contributed by atoms with Crippen molar-refractivity contribution in [2.45, 2.75) is 44.6 Å². The third-order valence-corrected chi connectivity index (χ3v) is 6.86. The zero-order chi connectivity index (χ0) is 21.2. The Morgan fingerprint density at radius 3 is 2.55 bits per heavy atom. The molecule has 3 rings (SSSR count). The van der Waals surface area contributed by atoms with Gasteiger partial charge >= 0.3 is 5.97 Å². The van der Waals surface area contributed by atoms with Crippen LogP contribution in [0.5, 0.6) is 0 Å². The summed E-state index contributed by atoms with van der Waals surface area (Å²) in [5.41, 5.74) is 1.10. The highest BCUT2D eigenvalue weighted by Crippen LogP contribution is 2.30. The van der Waals surface area contributed by atoms with Crippen molar-refractivity contribution in [2.75, 3.05) is 18.5 Å². The van der Waals surface area contributed by atoms with E-state index in [2.05, 4.69) is 10.5 Å². The third-order valence-electron chi connectivity index (χ3n) is 4.70. The molecule has 1 atom stereocenters. The quantitative estimate of drug-likeness (QED) is 0.711. The van der Waals surface area contributed by atoms with Gasteiger partial charge in [0.25, 0.3) is 0 Å². The van der Waals surface area contributed by atoms with Gasteiger partial charge < -0.3 is 14.6 Å². The molecule has 0 aliphatic carbocycles. The number of nitrogens with one attached hydrogen (secondary N) is 1. The van der Waals surface area contributed by atoms with E-state index in [0.29, 0.717) is 24.1 Å². The van der Waals surface area contributed by atoms with Gasteiger partial charge in [-0.15, -0.1) is 0 Å². The minimum absolute atomic E-state index is 0.0102. The summed E-state index contributed by atoms with van der Waals surface area (Å²) in [5, 5.41) is 6.43. The van der Waals surface area contributed by atoms with Crippen molar-refractivity contribution in [1.29, 1.82) is 0 Å². The molecule has 1 amide bonds. The molecule has 0 unspecified atom stereocenters. The second-order valence-electron chi connectivity index (χ2n) is 6.71. The van der Waals surface area contributed by atoms with Crippen LogP contribution in [0.1, 0.15) is 41.6 Å². The minimum atomic E-state index is -3.91. The molecule has 1 fully saturated rings. The summed E-state index contributed by atoms with van der Waals surface area (Å²) in [6.07, 6.45) is 0.984. The van der Waals surface area contributed by atoms with Crippen molar-refractivity contribution in [2.24, 2.45) is 0 Å². The van der Waals surface area contributed by atoms with Gasteiger partial charge in [-0.25, -0.2) is 13.2 Å². The highest BCUT2D eigenvalue weighted by atomic mass is 32.2. The summed E-state index contributed by atoms with van der Waals surface area (Å²) in [6, 6.07) is 5.40. The third kappa shape index (κ3) is 4.18. The first-order valence-corrected chi connectivity index (χ1v) is 10.7. The van der Waals surface area contributed by atoms with Crippen LogP contribution in [0.25, 0.3) is 0 Å². The second kappa shape index (κ2) is 8.34. The molecule has 2 aromatic rings. The highest BCUT2D eigenvalue weighted by Gasteiger charge is 2.41. The smallest absolute Gasteiger partial charge is 0.338 e. The van der Waals surface area contributed by atoms with E-state index in [-0.39, 0.29) is 29.5 Å². The van der Waals surface area contributed by atoms with Crippen LogP contribution in [0.4, 0.5) is 5.69 Å². The van der Waals surface area contributed by atoms with Gasteiger partial charge in [-0.05, 0) is 57.9 Å². The number of sulfonamides is 1. The number of esters is 1. The lowest BCUT2D eigenvalue weighted by Gasteiger charge is -2.23. The number of carbonyl (C=O) groups excluding carboxylic acids is 2. The zero-order valence-electron chi connectivity index (χ0n) is 16.5. The molecule has 0 saturated carbocycles. The second-order valence-corrected chi connectivity index (χ2v) is 8.54. The van der Waals surface area contributed by atoms with Gasteiger partial charge in [0.05, 0.1) is 12.2 Å². The Kier molecular flexibility index (Phi) is 6.04. The Balaban J connectivity index is 1.76. The lowest BCUT2D eigenvalue weighted by molar-refractivity contribution is -0.119. The molecule has 1 saturated heterocycles. The van der Waals surface area contributed by atoms with Gasteiger partial charge in [-0.2, -0.15) is 4.31 Å². The first-order valence-electron chi connectivity index (χ1n) is 9.28. The van der Waals surface area contributed by atoms with Crippen LogP contribution in [-0.2, 0) is 19.6 Å². The Hall–Kier alpha value is -2.72. The average Bonchev–Trinajstić information content (AvgIpc) is 3.30. The minimum Gasteiger partial charge on any atom is -0.462 e. The van der Waals surface area contributed by atoms with Gasteiger partial charge in [-0.3, -0.25) is 4.79 Å². The number of aromatic nitrogens is 1. The van der Waals surface area contributed by atoms with Crippen LogP contribution in [0, 0.1) is 13.8 Å². The van der Waals surface area contributed by atoms with E-state index < -0.39 is 27.9 Å². The monoisotopic (exact) mass is 421 g/mol. The van der Waals surface area contributed by atoms with Crippen LogP contribution in [0.2, 0.25) is 0 Å².